The molecule has 0 bridgehead atoms. The van der Waals surface area contributed by atoms with Gasteiger partial charge in [0, 0.05) is 28.5 Å². The fourth-order valence-corrected chi connectivity index (χ4v) is 3.23. The molecule has 0 radical (unpaired) electrons. The van der Waals surface area contributed by atoms with E-state index in [9.17, 15) is 14.7 Å². The molecule has 118 valence electrons. The number of nitrogens with zero attached hydrogens (tertiary/aromatic N) is 1. The first kappa shape index (κ1) is 15.8. The molecule has 1 aliphatic heterocycles. The summed E-state index contributed by atoms with van der Waals surface area (Å²) < 4.78 is 0. The van der Waals surface area contributed by atoms with E-state index in [0.717, 1.165) is 0 Å². The highest BCUT2D eigenvalue weighted by Crippen LogP contribution is 2.42. The van der Waals surface area contributed by atoms with E-state index in [4.69, 9.17) is 23.2 Å². The van der Waals surface area contributed by atoms with Crippen molar-refractivity contribution in [3.63, 3.8) is 0 Å². The number of carboxylic acid groups (broad SMARTS) is 1. The van der Waals surface area contributed by atoms with Gasteiger partial charge < -0.3 is 10.4 Å². The van der Waals surface area contributed by atoms with Crippen LogP contribution in [0.5, 0.6) is 0 Å². The van der Waals surface area contributed by atoms with Crippen LogP contribution in [-0.4, -0.2) is 28.4 Å². The summed E-state index contributed by atoms with van der Waals surface area (Å²) in [6, 6.07) is 8.01. The summed E-state index contributed by atoms with van der Waals surface area (Å²) in [5.74, 6) is -1.44. The zero-order chi connectivity index (χ0) is 16.6. The van der Waals surface area contributed by atoms with Crippen molar-refractivity contribution in [2.24, 2.45) is 0 Å². The van der Waals surface area contributed by atoms with Crippen LogP contribution in [0.4, 0.5) is 5.69 Å². The minimum atomic E-state index is -1.23. The molecule has 0 amide bonds. The molecule has 5 nitrogen and oxygen atoms in total. The predicted octanol–water partition coefficient (Wildman–Crippen LogP) is 3.41. The molecule has 0 fully saturated rings. The molecule has 2 heterocycles. The third-order valence-corrected chi connectivity index (χ3v) is 4.39. The highest BCUT2D eigenvalue weighted by molar-refractivity contribution is 6.31. The summed E-state index contributed by atoms with van der Waals surface area (Å²) in [6.07, 6.45) is 1.08. The van der Waals surface area contributed by atoms with E-state index in [-0.39, 0.29) is 24.4 Å². The number of benzene rings is 1. The molecule has 0 spiro atoms. The first-order valence-electron chi connectivity index (χ1n) is 6.84. The van der Waals surface area contributed by atoms with Crippen molar-refractivity contribution in [1.29, 1.82) is 0 Å². The summed E-state index contributed by atoms with van der Waals surface area (Å²) in [6.45, 7) is 0.169. The van der Waals surface area contributed by atoms with Gasteiger partial charge in [-0.15, -0.1) is 0 Å². The third kappa shape index (κ3) is 2.78. The number of carboxylic acids is 1. The van der Waals surface area contributed by atoms with Crippen LogP contribution in [0, 0.1) is 0 Å². The Bertz CT molecular complexity index is 810. The number of Topliss-reactive ketones (excluding diaryl/α,β-unsaturated/α-hetero) is 1. The van der Waals surface area contributed by atoms with Gasteiger partial charge in [0.05, 0.1) is 11.8 Å². The van der Waals surface area contributed by atoms with Gasteiger partial charge >= 0.3 is 5.97 Å². The number of anilines is 1. The molecular formula is C16H12Cl2N2O3. The van der Waals surface area contributed by atoms with Crippen LogP contribution in [0.25, 0.3) is 0 Å². The number of ketones is 1. The molecule has 23 heavy (non-hydrogen) atoms. The Morgan fingerprint density at radius 3 is 2.65 bits per heavy atom. The van der Waals surface area contributed by atoms with Gasteiger partial charge in [0.1, 0.15) is 5.69 Å². The van der Waals surface area contributed by atoms with Crippen LogP contribution < -0.4 is 5.32 Å². The number of fused-ring (bicyclic) bond motifs is 1. The monoisotopic (exact) mass is 350 g/mol. The second-order valence-corrected chi connectivity index (χ2v) is 6.26. The average molecular weight is 351 g/mol. The van der Waals surface area contributed by atoms with Crippen molar-refractivity contribution in [2.75, 3.05) is 11.9 Å². The number of halogens is 2. The highest BCUT2D eigenvalue weighted by atomic mass is 35.5. The fourth-order valence-electron chi connectivity index (χ4n) is 2.89. The second-order valence-electron chi connectivity index (χ2n) is 5.38. The Morgan fingerprint density at radius 2 is 1.96 bits per heavy atom. The highest BCUT2D eigenvalue weighted by Gasteiger charge is 2.48. The van der Waals surface area contributed by atoms with Crippen molar-refractivity contribution in [1.82, 2.24) is 4.98 Å². The number of pyridine rings is 1. The van der Waals surface area contributed by atoms with Crippen LogP contribution in [0.2, 0.25) is 10.0 Å². The molecule has 2 N–H and O–H groups in total. The predicted molar refractivity (Wildman–Crippen MR) is 87.5 cm³/mol. The lowest BCUT2D eigenvalue weighted by atomic mass is 9.74. The maximum absolute atomic E-state index is 13.0. The molecule has 1 unspecified atom stereocenters. The molecule has 1 atom stereocenters. The van der Waals surface area contributed by atoms with Crippen molar-refractivity contribution in [2.45, 2.75) is 11.8 Å². The molecule has 2 aromatic rings. The maximum atomic E-state index is 13.0. The lowest BCUT2D eigenvalue weighted by Crippen LogP contribution is -2.40. The molecular weight excluding hydrogens is 339 g/mol. The van der Waals surface area contributed by atoms with Crippen LogP contribution in [0.15, 0.2) is 36.5 Å². The van der Waals surface area contributed by atoms with Crippen molar-refractivity contribution in [3.05, 3.63) is 57.8 Å². The van der Waals surface area contributed by atoms with E-state index in [0.29, 0.717) is 21.3 Å². The number of carbonyl (C=O) groups is 2. The van der Waals surface area contributed by atoms with Crippen LogP contribution in [0.1, 0.15) is 22.5 Å². The standard InChI is InChI=1S/C16H12Cl2N2O3/c17-9-1-2-11-12(5-9)20-8-16(11,7-14(21)22)15(23)13-6-10(18)3-4-19-13/h1-6,20H,7-8H2,(H,21,22). The van der Waals surface area contributed by atoms with Gasteiger partial charge in [-0.1, -0.05) is 29.3 Å². The largest absolute Gasteiger partial charge is 0.481 e. The molecule has 1 aromatic carbocycles. The van der Waals surface area contributed by atoms with E-state index in [1.165, 1.54) is 12.3 Å². The number of hydrogen-bond acceptors (Lipinski definition) is 4. The zero-order valence-electron chi connectivity index (χ0n) is 11.8. The van der Waals surface area contributed by atoms with Crippen molar-refractivity contribution < 1.29 is 14.7 Å². The average Bonchev–Trinajstić information content (AvgIpc) is 2.84. The Hall–Kier alpha value is -2.11. The number of aromatic nitrogens is 1. The SMILES string of the molecule is O=C(O)CC1(C(=O)c2cc(Cl)ccn2)CNc2cc(Cl)ccc21. The van der Waals surface area contributed by atoms with Crippen LogP contribution >= 0.6 is 23.2 Å². The molecule has 0 saturated heterocycles. The quantitative estimate of drug-likeness (QED) is 0.826. The van der Waals surface area contributed by atoms with Gasteiger partial charge in [0.25, 0.3) is 0 Å². The van der Waals surface area contributed by atoms with Crippen molar-refractivity contribution in [3.8, 4) is 0 Å². The number of aliphatic carboxylic acids is 1. The van der Waals surface area contributed by atoms with Gasteiger partial charge in [-0.25, -0.2) is 0 Å². The van der Waals surface area contributed by atoms with E-state index in [1.807, 2.05) is 0 Å². The van der Waals surface area contributed by atoms with Gasteiger partial charge in [-0.05, 0) is 29.8 Å². The smallest absolute Gasteiger partial charge is 0.304 e. The topological polar surface area (TPSA) is 79.3 Å². The first-order valence-corrected chi connectivity index (χ1v) is 7.60. The minimum absolute atomic E-state index is 0.142. The number of hydrogen-bond donors (Lipinski definition) is 2. The van der Waals surface area contributed by atoms with Gasteiger partial charge in [0.2, 0.25) is 0 Å². The van der Waals surface area contributed by atoms with E-state index in [1.54, 1.807) is 24.3 Å². The molecule has 0 aliphatic carbocycles. The lowest BCUT2D eigenvalue weighted by molar-refractivity contribution is -0.138. The number of rotatable bonds is 4. The number of carbonyl (C=O) groups excluding carboxylic acids is 1. The molecule has 1 aromatic heterocycles. The van der Waals surface area contributed by atoms with E-state index < -0.39 is 11.4 Å². The minimum Gasteiger partial charge on any atom is -0.481 e. The Labute approximate surface area is 142 Å². The third-order valence-electron chi connectivity index (χ3n) is 3.92. The maximum Gasteiger partial charge on any atom is 0.304 e. The Kier molecular flexibility index (Phi) is 4.00. The number of nitrogens with one attached hydrogen (secondary N) is 1. The van der Waals surface area contributed by atoms with Gasteiger partial charge in [-0.3, -0.25) is 14.6 Å². The molecule has 7 heteroatoms. The Balaban J connectivity index is 2.13. The summed E-state index contributed by atoms with van der Waals surface area (Å²) in [5, 5.41) is 13.3. The Morgan fingerprint density at radius 1 is 1.22 bits per heavy atom. The summed E-state index contributed by atoms with van der Waals surface area (Å²) in [4.78, 5) is 28.5. The van der Waals surface area contributed by atoms with Crippen LogP contribution in [0.3, 0.4) is 0 Å². The van der Waals surface area contributed by atoms with Gasteiger partial charge in [0.15, 0.2) is 5.78 Å². The normalized spacial score (nSPS) is 19.0. The van der Waals surface area contributed by atoms with Gasteiger partial charge in [-0.2, -0.15) is 0 Å². The molecule has 0 saturated carbocycles. The molecule has 1 aliphatic rings. The van der Waals surface area contributed by atoms with Crippen LogP contribution in [-0.2, 0) is 10.2 Å². The lowest BCUT2D eigenvalue weighted by Gasteiger charge is -2.25. The molecule has 3 rings (SSSR count). The summed E-state index contributed by atoms with van der Waals surface area (Å²) in [7, 11) is 0. The summed E-state index contributed by atoms with van der Waals surface area (Å²) >= 11 is 11.9. The van der Waals surface area contributed by atoms with Crippen molar-refractivity contribution >= 4 is 40.6 Å². The van der Waals surface area contributed by atoms with E-state index >= 15 is 0 Å². The van der Waals surface area contributed by atoms with E-state index in [2.05, 4.69) is 10.3 Å². The second kappa shape index (κ2) is 5.83. The summed E-state index contributed by atoms with van der Waals surface area (Å²) in [5.41, 5.74) is 0.178. The zero-order valence-corrected chi connectivity index (χ0v) is 13.4. The first-order chi connectivity index (χ1) is 10.9. The fraction of sp³-hybridized carbons (Fsp3) is 0.188.